The van der Waals surface area contributed by atoms with Crippen molar-refractivity contribution in [2.75, 3.05) is 13.2 Å². The molecule has 3 aliphatic carbocycles. The van der Waals surface area contributed by atoms with Gasteiger partial charge in [0.05, 0.1) is 12.7 Å². The number of hydrogen-bond donors (Lipinski definition) is 2. The van der Waals surface area contributed by atoms with Gasteiger partial charge in [-0.3, -0.25) is 0 Å². The Morgan fingerprint density at radius 3 is 2.96 bits per heavy atom. The Morgan fingerprint density at radius 2 is 2.12 bits per heavy atom. The van der Waals surface area contributed by atoms with E-state index in [2.05, 4.69) is 25.1 Å². The third kappa shape index (κ3) is 2.57. The van der Waals surface area contributed by atoms with Crippen LogP contribution in [0, 0.1) is 17.3 Å². The van der Waals surface area contributed by atoms with Crippen LogP contribution in [-0.4, -0.2) is 24.4 Å². The molecule has 2 saturated carbocycles. The van der Waals surface area contributed by atoms with Crippen LogP contribution in [0.3, 0.4) is 0 Å². The third-order valence-corrected chi connectivity index (χ3v) is 7.27. The Morgan fingerprint density at radius 1 is 1.25 bits per heavy atom. The van der Waals surface area contributed by atoms with E-state index in [0.29, 0.717) is 25.0 Å². The van der Waals surface area contributed by atoms with Gasteiger partial charge in [-0.15, -0.1) is 0 Å². The normalized spacial score (nSPS) is 37.5. The van der Waals surface area contributed by atoms with Gasteiger partial charge in [-0.05, 0) is 97.9 Å². The van der Waals surface area contributed by atoms with Crippen molar-refractivity contribution >= 4 is 0 Å². The maximum absolute atomic E-state index is 10.5. The molecule has 0 aromatic heterocycles. The van der Waals surface area contributed by atoms with Crippen LogP contribution in [0.1, 0.15) is 62.5 Å². The summed E-state index contributed by atoms with van der Waals surface area (Å²) in [6.45, 7) is 3.73. The molecule has 132 valence electrons. The van der Waals surface area contributed by atoms with Gasteiger partial charge in [0.25, 0.3) is 0 Å². The van der Waals surface area contributed by atoms with Crippen LogP contribution in [0.4, 0.5) is 0 Å². The zero-order chi connectivity index (χ0) is 16.7. The summed E-state index contributed by atoms with van der Waals surface area (Å²) in [5.74, 6) is 3.16. The van der Waals surface area contributed by atoms with Crippen LogP contribution >= 0.6 is 0 Å². The second-order valence-electron chi connectivity index (χ2n) is 8.40. The minimum absolute atomic E-state index is 0.0804. The zero-order valence-electron chi connectivity index (χ0n) is 14.8. The minimum atomic E-state index is -0.0804. The second kappa shape index (κ2) is 6.34. The Labute approximate surface area is 145 Å². The van der Waals surface area contributed by atoms with Crippen molar-refractivity contribution in [3.05, 3.63) is 29.3 Å². The molecule has 4 rings (SSSR count). The first-order valence-electron chi connectivity index (χ1n) is 9.77. The first-order valence-corrected chi connectivity index (χ1v) is 9.77. The van der Waals surface area contributed by atoms with E-state index in [1.54, 1.807) is 5.56 Å². The molecule has 0 spiro atoms. The van der Waals surface area contributed by atoms with E-state index in [1.807, 2.05) is 0 Å². The van der Waals surface area contributed by atoms with Crippen molar-refractivity contribution < 1.29 is 9.84 Å². The highest BCUT2D eigenvalue weighted by Crippen LogP contribution is 2.60. The lowest BCUT2D eigenvalue weighted by Gasteiger charge is -2.50. The number of benzene rings is 1. The van der Waals surface area contributed by atoms with E-state index in [1.165, 1.54) is 31.2 Å². The van der Waals surface area contributed by atoms with Crippen molar-refractivity contribution in [1.82, 2.24) is 0 Å². The van der Waals surface area contributed by atoms with E-state index in [-0.39, 0.29) is 11.5 Å². The molecule has 0 amide bonds. The van der Waals surface area contributed by atoms with E-state index in [9.17, 15) is 5.11 Å². The van der Waals surface area contributed by atoms with Gasteiger partial charge in [0, 0.05) is 0 Å². The summed E-state index contributed by atoms with van der Waals surface area (Å²) >= 11 is 0. The molecule has 0 heterocycles. The number of aliphatic hydroxyl groups is 1. The van der Waals surface area contributed by atoms with E-state index in [0.717, 1.165) is 30.9 Å². The number of rotatable bonds is 4. The van der Waals surface area contributed by atoms with Gasteiger partial charge in [-0.2, -0.15) is 0 Å². The summed E-state index contributed by atoms with van der Waals surface area (Å²) in [6.07, 6.45) is 7.89. The predicted molar refractivity (Wildman–Crippen MR) is 96.2 cm³/mol. The summed E-state index contributed by atoms with van der Waals surface area (Å²) in [7, 11) is 0. The lowest BCUT2D eigenvalue weighted by atomic mass is 9.55. The summed E-state index contributed by atoms with van der Waals surface area (Å²) in [5, 5.41) is 10.5. The smallest absolute Gasteiger partial charge is 0.119 e. The molecule has 0 aliphatic heterocycles. The van der Waals surface area contributed by atoms with Gasteiger partial charge in [-0.25, -0.2) is 0 Å². The second-order valence-corrected chi connectivity index (χ2v) is 8.40. The Hall–Kier alpha value is -1.06. The van der Waals surface area contributed by atoms with Crippen molar-refractivity contribution in [3.63, 3.8) is 0 Å². The topological polar surface area (TPSA) is 55.5 Å². The highest BCUT2D eigenvalue weighted by molar-refractivity contribution is 5.40. The quantitative estimate of drug-likeness (QED) is 0.829. The number of aryl methyl sites for hydroxylation is 1. The fourth-order valence-corrected chi connectivity index (χ4v) is 5.89. The molecule has 3 nitrogen and oxygen atoms in total. The van der Waals surface area contributed by atoms with Crippen LogP contribution < -0.4 is 10.5 Å². The average Bonchev–Trinajstić information content (AvgIpc) is 2.90. The van der Waals surface area contributed by atoms with Crippen molar-refractivity contribution in [3.8, 4) is 5.75 Å². The molecule has 3 unspecified atom stereocenters. The van der Waals surface area contributed by atoms with Gasteiger partial charge in [0.15, 0.2) is 0 Å². The highest BCUT2D eigenvalue weighted by Gasteiger charge is 2.54. The van der Waals surface area contributed by atoms with Gasteiger partial charge < -0.3 is 15.6 Å². The molecule has 3 aliphatic rings. The monoisotopic (exact) mass is 329 g/mol. The lowest BCUT2D eigenvalue weighted by Crippen LogP contribution is -2.43. The maximum Gasteiger partial charge on any atom is 0.119 e. The maximum atomic E-state index is 10.5. The first-order chi connectivity index (χ1) is 11.6. The highest BCUT2D eigenvalue weighted by atomic mass is 16.5. The third-order valence-electron chi connectivity index (χ3n) is 7.27. The van der Waals surface area contributed by atoms with Gasteiger partial charge in [0.1, 0.15) is 5.75 Å². The summed E-state index contributed by atoms with van der Waals surface area (Å²) in [4.78, 5) is 0. The first kappa shape index (κ1) is 16.4. The van der Waals surface area contributed by atoms with Gasteiger partial charge >= 0.3 is 0 Å². The van der Waals surface area contributed by atoms with E-state index < -0.39 is 0 Å². The number of nitrogens with two attached hydrogens (primary N) is 1. The molecule has 0 radical (unpaired) electrons. The molecule has 3 heteroatoms. The SMILES string of the molecule is CC12CC[C@@H]3c4ccc(OCCCN)cc4CC[C@@H]3C1CCC2O. The fraction of sp³-hybridized carbons (Fsp3) is 0.714. The molecule has 3 N–H and O–H groups in total. The Balaban J connectivity index is 1.55. The van der Waals surface area contributed by atoms with Crippen LogP contribution in [0.5, 0.6) is 5.75 Å². The molecular formula is C21H31NO2. The Kier molecular flexibility index (Phi) is 4.34. The van der Waals surface area contributed by atoms with Crippen molar-refractivity contribution in [2.45, 2.75) is 63.9 Å². The average molecular weight is 329 g/mol. The summed E-state index contributed by atoms with van der Waals surface area (Å²) < 4.78 is 5.83. The predicted octanol–water partition coefficient (Wildman–Crippen LogP) is 3.63. The number of ether oxygens (including phenoxy) is 1. The van der Waals surface area contributed by atoms with Crippen molar-refractivity contribution in [1.29, 1.82) is 0 Å². The molecule has 1 aromatic rings. The lowest BCUT2D eigenvalue weighted by molar-refractivity contribution is -0.0226. The molecule has 0 bridgehead atoms. The van der Waals surface area contributed by atoms with Crippen LogP contribution in [0.15, 0.2) is 18.2 Å². The number of aliphatic hydroxyl groups excluding tert-OH is 1. The molecular weight excluding hydrogens is 298 g/mol. The van der Waals surface area contributed by atoms with Crippen LogP contribution in [0.2, 0.25) is 0 Å². The van der Waals surface area contributed by atoms with Crippen LogP contribution in [-0.2, 0) is 6.42 Å². The zero-order valence-corrected chi connectivity index (χ0v) is 14.8. The molecule has 1 aromatic carbocycles. The minimum Gasteiger partial charge on any atom is -0.494 e. The van der Waals surface area contributed by atoms with E-state index >= 15 is 0 Å². The van der Waals surface area contributed by atoms with Gasteiger partial charge in [0.2, 0.25) is 0 Å². The molecule has 5 atom stereocenters. The van der Waals surface area contributed by atoms with E-state index in [4.69, 9.17) is 10.5 Å². The largest absolute Gasteiger partial charge is 0.494 e. The van der Waals surface area contributed by atoms with Crippen molar-refractivity contribution in [2.24, 2.45) is 23.0 Å². The molecule has 2 fully saturated rings. The van der Waals surface area contributed by atoms with Crippen LogP contribution in [0.25, 0.3) is 0 Å². The standard InChI is InChI=1S/C21H31NO2/c1-21-10-9-17-16-6-4-15(24-12-2-11-22)13-14(16)3-5-18(17)19(21)7-8-20(21)23/h4,6,13,17-20,23H,2-3,5,7-12,22H2,1H3/t17-,18+,19?,20?,21?/m1/s1. The summed E-state index contributed by atoms with van der Waals surface area (Å²) in [5.41, 5.74) is 8.76. The Bertz CT molecular complexity index is 602. The number of hydrogen-bond acceptors (Lipinski definition) is 3. The molecule has 24 heavy (non-hydrogen) atoms. The number of fused-ring (bicyclic) bond motifs is 5. The summed E-state index contributed by atoms with van der Waals surface area (Å²) in [6, 6.07) is 6.73. The van der Waals surface area contributed by atoms with Gasteiger partial charge in [-0.1, -0.05) is 13.0 Å². The molecule has 0 saturated heterocycles. The fourth-order valence-electron chi connectivity index (χ4n) is 5.89.